The van der Waals surface area contributed by atoms with E-state index >= 15 is 0 Å². The number of carboxylic acid groups (broad SMARTS) is 1. The molecule has 0 amide bonds. The largest absolute Gasteiger partial charge is 0.478 e. The number of rotatable bonds is 3. The van der Waals surface area contributed by atoms with Gasteiger partial charge in [-0.3, -0.25) is 0 Å². The van der Waals surface area contributed by atoms with E-state index in [2.05, 4.69) is 0 Å². The molecule has 1 aliphatic rings. The van der Waals surface area contributed by atoms with Crippen molar-refractivity contribution < 1.29 is 23.4 Å². The van der Waals surface area contributed by atoms with Gasteiger partial charge >= 0.3 is 5.97 Å². The number of sulfonamides is 1. The first kappa shape index (κ1) is 15.0. The van der Waals surface area contributed by atoms with Gasteiger partial charge in [0.05, 0.1) is 16.6 Å². The number of aryl methyl sites for hydroxylation is 2. The first-order valence-corrected chi connectivity index (χ1v) is 7.70. The summed E-state index contributed by atoms with van der Waals surface area (Å²) in [5.74, 6) is -1.15. The van der Waals surface area contributed by atoms with Crippen molar-refractivity contribution >= 4 is 16.0 Å². The van der Waals surface area contributed by atoms with E-state index in [1.54, 1.807) is 19.9 Å². The van der Waals surface area contributed by atoms with Crippen molar-refractivity contribution in [1.82, 2.24) is 4.31 Å². The molecular formula is C13H17NO5S. The van der Waals surface area contributed by atoms with E-state index in [4.69, 9.17) is 5.11 Å². The van der Waals surface area contributed by atoms with E-state index in [1.165, 1.54) is 10.4 Å². The van der Waals surface area contributed by atoms with E-state index in [0.29, 0.717) is 17.5 Å². The zero-order valence-corrected chi connectivity index (χ0v) is 12.1. The van der Waals surface area contributed by atoms with Crippen LogP contribution >= 0.6 is 0 Å². The Bertz CT molecular complexity index is 653. The van der Waals surface area contributed by atoms with Crippen LogP contribution in [0.4, 0.5) is 0 Å². The minimum atomic E-state index is -3.77. The van der Waals surface area contributed by atoms with E-state index < -0.39 is 22.1 Å². The van der Waals surface area contributed by atoms with Crippen molar-refractivity contribution in [2.24, 2.45) is 0 Å². The fourth-order valence-corrected chi connectivity index (χ4v) is 4.13. The lowest BCUT2D eigenvalue weighted by Crippen LogP contribution is -2.30. The van der Waals surface area contributed by atoms with Gasteiger partial charge in [0.1, 0.15) is 0 Å². The second-order valence-corrected chi connectivity index (χ2v) is 6.95. The van der Waals surface area contributed by atoms with Gasteiger partial charge in [0.15, 0.2) is 0 Å². The highest BCUT2D eigenvalue weighted by molar-refractivity contribution is 7.89. The minimum Gasteiger partial charge on any atom is -0.478 e. The second-order valence-electron chi connectivity index (χ2n) is 5.04. The van der Waals surface area contributed by atoms with Gasteiger partial charge < -0.3 is 10.2 Å². The molecule has 0 saturated carbocycles. The minimum absolute atomic E-state index is 0.00500. The van der Waals surface area contributed by atoms with Gasteiger partial charge in [0.2, 0.25) is 10.0 Å². The van der Waals surface area contributed by atoms with Gasteiger partial charge in [-0.05, 0) is 37.5 Å². The van der Waals surface area contributed by atoms with Crippen LogP contribution in [0.3, 0.4) is 0 Å². The summed E-state index contributed by atoms with van der Waals surface area (Å²) in [6.07, 6.45) is -0.259. The topological polar surface area (TPSA) is 94.9 Å². The highest BCUT2D eigenvalue weighted by Crippen LogP contribution is 2.26. The molecular weight excluding hydrogens is 282 g/mol. The molecule has 1 saturated heterocycles. The monoisotopic (exact) mass is 299 g/mol. The Balaban J connectivity index is 2.51. The number of hydrogen-bond acceptors (Lipinski definition) is 4. The quantitative estimate of drug-likeness (QED) is 0.859. The van der Waals surface area contributed by atoms with Crippen LogP contribution in [0, 0.1) is 13.8 Å². The Hall–Kier alpha value is -1.44. The van der Waals surface area contributed by atoms with Crippen molar-refractivity contribution in [3.8, 4) is 0 Å². The molecule has 110 valence electrons. The number of benzene rings is 1. The lowest BCUT2D eigenvalue weighted by molar-refractivity contribution is 0.0696. The third kappa shape index (κ3) is 2.56. The SMILES string of the molecule is Cc1cc(C)c(S(=O)(=O)N2CC[C@@H](O)C2)cc1C(=O)O. The standard InChI is InChI=1S/C13H17NO5S/c1-8-5-9(2)12(6-11(8)13(16)17)20(18,19)14-4-3-10(15)7-14/h5-6,10,15H,3-4,7H2,1-2H3,(H,16,17)/t10-/m1/s1. The Morgan fingerprint density at radius 3 is 2.45 bits per heavy atom. The number of hydrogen-bond donors (Lipinski definition) is 2. The van der Waals surface area contributed by atoms with E-state index in [1.807, 2.05) is 0 Å². The van der Waals surface area contributed by atoms with Crippen LogP contribution in [0.1, 0.15) is 27.9 Å². The van der Waals surface area contributed by atoms with E-state index in [0.717, 1.165) is 0 Å². The molecule has 1 aromatic carbocycles. The van der Waals surface area contributed by atoms with Crippen LogP contribution in [-0.4, -0.2) is 48.1 Å². The van der Waals surface area contributed by atoms with Crippen molar-refractivity contribution in [2.45, 2.75) is 31.3 Å². The predicted molar refractivity (Wildman–Crippen MR) is 72.3 cm³/mol. The Labute approximate surface area is 117 Å². The zero-order chi connectivity index (χ0) is 15.1. The highest BCUT2D eigenvalue weighted by Gasteiger charge is 2.33. The Morgan fingerprint density at radius 2 is 1.95 bits per heavy atom. The molecule has 7 heteroatoms. The van der Waals surface area contributed by atoms with Crippen molar-refractivity contribution in [3.05, 3.63) is 28.8 Å². The van der Waals surface area contributed by atoms with Gasteiger partial charge in [-0.2, -0.15) is 4.31 Å². The molecule has 1 aliphatic heterocycles. The number of aliphatic hydroxyl groups is 1. The molecule has 0 spiro atoms. The van der Waals surface area contributed by atoms with Crippen LogP contribution in [0.15, 0.2) is 17.0 Å². The molecule has 1 atom stereocenters. The third-order valence-corrected chi connectivity index (χ3v) is 5.50. The smallest absolute Gasteiger partial charge is 0.335 e. The molecule has 0 aliphatic carbocycles. The van der Waals surface area contributed by atoms with Crippen LogP contribution in [0.25, 0.3) is 0 Å². The van der Waals surface area contributed by atoms with Gasteiger partial charge in [-0.25, -0.2) is 13.2 Å². The maximum Gasteiger partial charge on any atom is 0.335 e. The first-order valence-electron chi connectivity index (χ1n) is 6.26. The Morgan fingerprint density at radius 1 is 1.30 bits per heavy atom. The molecule has 20 heavy (non-hydrogen) atoms. The summed E-state index contributed by atoms with van der Waals surface area (Å²) < 4.78 is 26.2. The molecule has 1 heterocycles. The molecule has 0 radical (unpaired) electrons. The normalized spacial score (nSPS) is 20.2. The number of nitrogens with zero attached hydrogens (tertiary/aromatic N) is 1. The average Bonchev–Trinajstić information content (AvgIpc) is 2.75. The van der Waals surface area contributed by atoms with Crippen molar-refractivity contribution in [1.29, 1.82) is 0 Å². The number of aromatic carboxylic acids is 1. The summed E-state index contributed by atoms with van der Waals surface area (Å²) in [6, 6.07) is 2.76. The van der Waals surface area contributed by atoms with Crippen molar-refractivity contribution in [3.63, 3.8) is 0 Å². The molecule has 0 bridgehead atoms. The van der Waals surface area contributed by atoms with Crippen LogP contribution in [0.2, 0.25) is 0 Å². The average molecular weight is 299 g/mol. The summed E-state index contributed by atoms with van der Waals surface area (Å²) in [7, 11) is -3.77. The summed E-state index contributed by atoms with van der Waals surface area (Å²) in [4.78, 5) is 11.1. The predicted octanol–water partition coefficient (Wildman–Crippen LogP) is 0.757. The molecule has 1 fully saturated rings. The number of aliphatic hydroxyl groups excluding tert-OH is 1. The lowest BCUT2D eigenvalue weighted by Gasteiger charge is -2.18. The van der Waals surface area contributed by atoms with E-state index in [9.17, 15) is 18.3 Å². The van der Waals surface area contributed by atoms with Crippen LogP contribution in [-0.2, 0) is 10.0 Å². The van der Waals surface area contributed by atoms with Crippen LogP contribution in [0.5, 0.6) is 0 Å². The summed E-state index contributed by atoms with van der Waals surface area (Å²) in [5.41, 5.74) is 1.01. The Kier molecular flexibility index (Phi) is 3.86. The molecule has 2 rings (SSSR count). The highest BCUT2D eigenvalue weighted by atomic mass is 32.2. The summed E-state index contributed by atoms with van der Waals surface area (Å²) >= 11 is 0. The molecule has 6 nitrogen and oxygen atoms in total. The number of β-amino-alcohol motifs (C(OH)–C–C–N with tert-alkyl or cyclic N) is 1. The van der Waals surface area contributed by atoms with E-state index in [-0.39, 0.29) is 23.5 Å². The van der Waals surface area contributed by atoms with Gasteiger partial charge in [0.25, 0.3) is 0 Å². The van der Waals surface area contributed by atoms with Crippen molar-refractivity contribution in [2.75, 3.05) is 13.1 Å². The first-order chi connectivity index (χ1) is 9.23. The maximum absolute atomic E-state index is 12.5. The fourth-order valence-electron chi connectivity index (χ4n) is 2.41. The molecule has 0 unspecified atom stereocenters. The summed E-state index contributed by atoms with van der Waals surface area (Å²) in [5, 5.41) is 18.6. The zero-order valence-electron chi connectivity index (χ0n) is 11.3. The fraction of sp³-hybridized carbons (Fsp3) is 0.462. The third-order valence-electron chi connectivity index (χ3n) is 3.50. The van der Waals surface area contributed by atoms with Crippen LogP contribution < -0.4 is 0 Å². The molecule has 2 N–H and O–H groups in total. The lowest BCUT2D eigenvalue weighted by atomic mass is 10.1. The van der Waals surface area contributed by atoms with Gasteiger partial charge in [-0.1, -0.05) is 6.07 Å². The van der Waals surface area contributed by atoms with Gasteiger partial charge in [0, 0.05) is 13.1 Å². The summed E-state index contributed by atoms with van der Waals surface area (Å²) in [6.45, 7) is 3.57. The maximum atomic E-state index is 12.5. The number of carbonyl (C=O) groups is 1. The second kappa shape index (κ2) is 5.16. The van der Waals surface area contributed by atoms with Gasteiger partial charge in [-0.15, -0.1) is 0 Å². The number of carboxylic acids is 1. The molecule has 0 aromatic heterocycles. The molecule has 1 aromatic rings.